The van der Waals surface area contributed by atoms with E-state index in [-0.39, 0.29) is 11.5 Å². The molecule has 114 valence electrons. The molecule has 3 rings (SSSR count). The first-order chi connectivity index (χ1) is 9.59. The van der Waals surface area contributed by atoms with E-state index < -0.39 is 0 Å². The molecule has 1 saturated carbocycles. The Hall–Kier alpha value is -0.810. The Labute approximate surface area is 121 Å². The van der Waals surface area contributed by atoms with Crippen molar-refractivity contribution >= 4 is 5.96 Å². The van der Waals surface area contributed by atoms with Gasteiger partial charge in [-0.15, -0.1) is 0 Å². The van der Waals surface area contributed by atoms with Gasteiger partial charge in [0, 0.05) is 30.6 Å². The third-order valence-corrected chi connectivity index (χ3v) is 5.12. The van der Waals surface area contributed by atoms with Gasteiger partial charge in [0.05, 0.1) is 18.8 Å². The summed E-state index contributed by atoms with van der Waals surface area (Å²) in [6.07, 6.45) is 5.26. The van der Waals surface area contributed by atoms with Gasteiger partial charge in [-0.2, -0.15) is 0 Å². The van der Waals surface area contributed by atoms with Crippen molar-refractivity contribution in [2.45, 2.75) is 57.8 Å². The fourth-order valence-corrected chi connectivity index (χ4v) is 4.01. The second kappa shape index (κ2) is 5.53. The lowest BCUT2D eigenvalue weighted by atomic mass is 9.55. The molecule has 2 aliphatic heterocycles. The molecule has 0 amide bonds. The fraction of sp³-hybridized carbons (Fsp3) is 0.933. The molecule has 0 aromatic rings. The molecule has 0 aromatic carbocycles. The van der Waals surface area contributed by atoms with Crippen LogP contribution in [0.4, 0.5) is 0 Å². The van der Waals surface area contributed by atoms with E-state index in [0.29, 0.717) is 30.6 Å². The molecule has 2 saturated heterocycles. The van der Waals surface area contributed by atoms with E-state index >= 15 is 0 Å². The zero-order valence-electron chi connectivity index (χ0n) is 12.6. The molecule has 3 N–H and O–H groups in total. The Morgan fingerprint density at radius 3 is 2.75 bits per heavy atom. The molecule has 4 atom stereocenters. The summed E-state index contributed by atoms with van der Waals surface area (Å²) in [7, 11) is 0. The smallest absolute Gasteiger partial charge is 0.188 e. The van der Waals surface area contributed by atoms with Crippen LogP contribution in [0.25, 0.3) is 0 Å². The molecule has 0 spiro atoms. The maximum absolute atomic E-state index is 6.05. The van der Waals surface area contributed by atoms with E-state index in [1.807, 2.05) is 0 Å². The molecule has 3 fully saturated rings. The van der Waals surface area contributed by atoms with E-state index in [0.717, 1.165) is 32.5 Å². The topological polar surface area (TPSA) is 68.9 Å². The van der Waals surface area contributed by atoms with Gasteiger partial charge < -0.3 is 20.5 Å². The van der Waals surface area contributed by atoms with Gasteiger partial charge in [0.2, 0.25) is 0 Å². The molecular weight excluding hydrogens is 254 g/mol. The van der Waals surface area contributed by atoms with E-state index in [1.165, 1.54) is 6.42 Å². The monoisotopic (exact) mass is 281 g/mol. The molecule has 1 aliphatic carbocycles. The number of aliphatic imine (C=N–C) groups is 1. The van der Waals surface area contributed by atoms with E-state index in [4.69, 9.17) is 15.2 Å². The van der Waals surface area contributed by atoms with E-state index in [1.54, 1.807) is 0 Å². The standard InChI is InChI=1S/C15H27N3O2/c1-15(2)12(11-6-4-8-20-13(11)15)18-14(16)17-9-10-5-3-7-19-10/h10-13H,3-9H2,1-2H3,(H3,16,17,18). The van der Waals surface area contributed by atoms with Gasteiger partial charge in [-0.25, -0.2) is 0 Å². The lowest BCUT2D eigenvalue weighted by Gasteiger charge is -2.60. The number of rotatable bonds is 3. The highest BCUT2D eigenvalue weighted by Crippen LogP contribution is 2.51. The quantitative estimate of drug-likeness (QED) is 0.604. The van der Waals surface area contributed by atoms with Crippen LogP contribution in [0, 0.1) is 11.3 Å². The van der Waals surface area contributed by atoms with Crippen LogP contribution in [-0.2, 0) is 9.47 Å². The third-order valence-electron chi connectivity index (χ3n) is 5.12. The van der Waals surface area contributed by atoms with Crippen LogP contribution in [-0.4, -0.2) is 44.0 Å². The SMILES string of the molecule is CC1(C)C(NC(N)=NCC2CCCO2)C2CCCOC21. The molecule has 5 heteroatoms. The summed E-state index contributed by atoms with van der Waals surface area (Å²) in [6.45, 7) is 6.95. The van der Waals surface area contributed by atoms with E-state index in [9.17, 15) is 0 Å². The van der Waals surface area contributed by atoms with Crippen molar-refractivity contribution in [1.82, 2.24) is 5.32 Å². The van der Waals surface area contributed by atoms with Crippen molar-refractivity contribution in [2.75, 3.05) is 19.8 Å². The van der Waals surface area contributed by atoms with Gasteiger partial charge in [-0.3, -0.25) is 4.99 Å². The highest BCUT2D eigenvalue weighted by Gasteiger charge is 2.58. The molecule has 5 nitrogen and oxygen atoms in total. The fourth-order valence-electron chi connectivity index (χ4n) is 4.01. The van der Waals surface area contributed by atoms with Crippen LogP contribution in [0.15, 0.2) is 4.99 Å². The number of fused-ring (bicyclic) bond motifs is 1. The highest BCUT2D eigenvalue weighted by atomic mass is 16.5. The van der Waals surface area contributed by atoms with Crippen molar-refractivity contribution in [3.63, 3.8) is 0 Å². The predicted octanol–water partition coefficient (Wildman–Crippen LogP) is 1.27. The van der Waals surface area contributed by atoms with Gasteiger partial charge in [-0.05, 0) is 25.7 Å². The van der Waals surface area contributed by atoms with Crippen LogP contribution in [0.2, 0.25) is 0 Å². The Balaban J connectivity index is 1.55. The number of nitrogens with one attached hydrogen (secondary N) is 1. The van der Waals surface area contributed by atoms with Crippen LogP contribution in [0.5, 0.6) is 0 Å². The van der Waals surface area contributed by atoms with Crippen molar-refractivity contribution in [1.29, 1.82) is 0 Å². The molecule has 2 heterocycles. The van der Waals surface area contributed by atoms with Crippen LogP contribution >= 0.6 is 0 Å². The van der Waals surface area contributed by atoms with Crippen molar-refractivity contribution in [2.24, 2.45) is 22.1 Å². The maximum Gasteiger partial charge on any atom is 0.188 e. The van der Waals surface area contributed by atoms with Gasteiger partial charge in [0.15, 0.2) is 5.96 Å². The second-order valence-electron chi connectivity index (χ2n) is 6.90. The summed E-state index contributed by atoms with van der Waals surface area (Å²) >= 11 is 0. The lowest BCUT2D eigenvalue weighted by Crippen LogP contribution is -2.70. The highest BCUT2D eigenvalue weighted by molar-refractivity contribution is 5.78. The third kappa shape index (κ3) is 2.53. The summed E-state index contributed by atoms with van der Waals surface area (Å²) in [4.78, 5) is 4.45. The average Bonchev–Trinajstić information content (AvgIpc) is 2.96. The second-order valence-corrected chi connectivity index (χ2v) is 6.90. The molecule has 4 unspecified atom stereocenters. The molecule has 0 aromatic heterocycles. The van der Waals surface area contributed by atoms with Crippen LogP contribution in [0.3, 0.4) is 0 Å². The summed E-state index contributed by atoms with van der Waals surface area (Å²) < 4.78 is 11.5. The van der Waals surface area contributed by atoms with E-state index in [2.05, 4.69) is 24.2 Å². The Bertz CT molecular complexity index is 377. The summed E-state index contributed by atoms with van der Waals surface area (Å²) in [5.41, 5.74) is 6.18. The minimum absolute atomic E-state index is 0.134. The number of ether oxygens (including phenoxy) is 2. The van der Waals surface area contributed by atoms with Crippen LogP contribution in [0.1, 0.15) is 39.5 Å². The maximum atomic E-state index is 6.05. The average molecular weight is 281 g/mol. The zero-order valence-corrected chi connectivity index (χ0v) is 12.6. The first-order valence-corrected chi connectivity index (χ1v) is 7.88. The molecule has 3 aliphatic rings. The van der Waals surface area contributed by atoms with Crippen LogP contribution < -0.4 is 11.1 Å². The summed E-state index contributed by atoms with van der Waals surface area (Å²) in [5.74, 6) is 1.14. The van der Waals surface area contributed by atoms with Crippen molar-refractivity contribution < 1.29 is 9.47 Å². The van der Waals surface area contributed by atoms with Gasteiger partial charge in [0.25, 0.3) is 0 Å². The molecule has 20 heavy (non-hydrogen) atoms. The minimum atomic E-state index is 0.134. The number of nitrogens with zero attached hydrogens (tertiary/aromatic N) is 1. The first kappa shape index (κ1) is 14.1. The Kier molecular flexibility index (Phi) is 3.91. The first-order valence-electron chi connectivity index (χ1n) is 7.88. The lowest BCUT2D eigenvalue weighted by molar-refractivity contribution is -0.188. The summed E-state index contributed by atoms with van der Waals surface area (Å²) in [5, 5.41) is 3.42. The molecule has 0 bridgehead atoms. The van der Waals surface area contributed by atoms with Gasteiger partial charge in [0.1, 0.15) is 0 Å². The largest absolute Gasteiger partial charge is 0.377 e. The normalized spacial score (nSPS) is 40.0. The number of hydrogen-bond donors (Lipinski definition) is 2. The Morgan fingerprint density at radius 2 is 2.00 bits per heavy atom. The Morgan fingerprint density at radius 1 is 1.25 bits per heavy atom. The van der Waals surface area contributed by atoms with Gasteiger partial charge >= 0.3 is 0 Å². The molecular formula is C15H27N3O2. The zero-order chi connectivity index (χ0) is 14.2. The minimum Gasteiger partial charge on any atom is -0.377 e. The summed E-state index contributed by atoms with van der Waals surface area (Å²) in [6, 6.07) is 0.376. The van der Waals surface area contributed by atoms with Crippen molar-refractivity contribution in [3.8, 4) is 0 Å². The number of nitrogens with two attached hydrogens (primary N) is 1. The van der Waals surface area contributed by atoms with Gasteiger partial charge in [-0.1, -0.05) is 13.8 Å². The molecule has 0 radical (unpaired) electrons. The van der Waals surface area contributed by atoms with Crippen molar-refractivity contribution in [3.05, 3.63) is 0 Å². The predicted molar refractivity (Wildman–Crippen MR) is 78.6 cm³/mol. The number of hydrogen-bond acceptors (Lipinski definition) is 3. The number of guanidine groups is 1.